The minimum atomic E-state index is -0.549. The Bertz CT molecular complexity index is 1270. The van der Waals surface area contributed by atoms with Gasteiger partial charge in [0, 0.05) is 15.6 Å². The zero-order valence-corrected chi connectivity index (χ0v) is 22.3. The van der Waals surface area contributed by atoms with E-state index in [-0.39, 0.29) is 11.6 Å². The number of hydrogen-bond donors (Lipinski definition) is 0. The molecule has 0 spiro atoms. The van der Waals surface area contributed by atoms with Crippen LogP contribution in [0.3, 0.4) is 0 Å². The van der Waals surface area contributed by atoms with E-state index in [0.29, 0.717) is 28.0 Å². The van der Waals surface area contributed by atoms with Crippen LogP contribution in [0.4, 0.5) is 0 Å². The van der Waals surface area contributed by atoms with Gasteiger partial charge in [0.2, 0.25) is 5.90 Å². The second kappa shape index (κ2) is 10.1. The number of hydrogen-bond acceptors (Lipinski definition) is 4. The van der Waals surface area contributed by atoms with Crippen molar-refractivity contribution < 1.29 is 14.3 Å². The fourth-order valence-corrected chi connectivity index (χ4v) is 5.03. The SMILES string of the molecule is O=C1OC(c2ccc(Cl)c(Cl)c2)=N/C1=C\c1cc(Br)c(OCc2ccccc2Br)c(Br)c1. The Morgan fingerprint density at radius 2 is 1.66 bits per heavy atom. The topological polar surface area (TPSA) is 47.9 Å². The van der Waals surface area contributed by atoms with E-state index < -0.39 is 5.97 Å². The lowest BCUT2D eigenvalue weighted by Gasteiger charge is -2.12. The van der Waals surface area contributed by atoms with Crippen LogP contribution >= 0.6 is 71.0 Å². The van der Waals surface area contributed by atoms with Gasteiger partial charge in [0.1, 0.15) is 12.4 Å². The van der Waals surface area contributed by atoms with Crippen molar-refractivity contribution in [1.82, 2.24) is 0 Å². The summed E-state index contributed by atoms with van der Waals surface area (Å²) >= 11 is 22.6. The van der Waals surface area contributed by atoms with Crippen molar-refractivity contribution in [3.05, 3.63) is 100 Å². The average Bonchev–Trinajstić information content (AvgIpc) is 3.11. The van der Waals surface area contributed by atoms with Crippen LogP contribution in [0.2, 0.25) is 10.0 Å². The van der Waals surface area contributed by atoms with Crippen LogP contribution in [0, 0.1) is 0 Å². The molecule has 32 heavy (non-hydrogen) atoms. The lowest BCUT2D eigenvalue weighted by molar-refractivity contribution is -0.129. The molecule has 0 aliphatic carbocycles. The van der Waals surface area contributed by atoms with Crippen molar-refractivity contribution in [2.75, 3.05) is 0 Å². The van der Waals surface area contributed by atoms with Crippen molar-refractivity contribution in [3.63, 3.8) is 0 Å². The third-order valence-electron chi connectivity index (χ3n) is 4.44. The number of benzene rings is 3. The third kappa shape index (κ3) is 5.29. The molecule has 4 rings (SSSR count). The van der Waals surface area contributed by atoms with E-state index >= 15 is 0 Å². The molecule has 0 unspecified atom stereocenters. The lowest BCUT2D eigenvalue weighted by Crippen LogP contribution is -2.05. The quantitative estimate of drug-likeness (QED) is 0.205. The Morgan fingerprint density at radius 1 is 0.938 bits per heavy atom. The van der Waals surface area contributed by atoms with E-state index in [1.54, 1.807) is 24.3 Å². The number of aliphatic imine (C=N–C) groups is 1. The molecule has 1 aliphatic heterocycles. The van der Waals surface area contributed by atoms with Gasteiger partial charge in [-0.2, -0.15) is 0 Å². The molecule has 1 aliphatic rings. The van der Waals surface area contributed by atoms with Gasteiger partial charge in [-0.3, -0.25) is 0 Å². The van der Waals surface area contributed by atoms with E-state index in [9.17, 15) is 4.79 Å². The maximum atomic E-state index is 12.3. The molecule has 0 saturated heterocycles. The number of ether oxygens (including phenoxy) is 2. The van der Waals surface area contributed by atoms with Gasteiger partial charge < -0.3 is 9.47 Å². The summed E-state index contributed by atoms with van der Waals surface area (Å²) in [5.41, 5.74) is 2.50. The minimum Gasteiger partial charge on any atom is -0.486 e. The summed E-state index contributed by atoms with van der Waals surface area (Å²) in [4.78, 5) is 16.6. The highest BCUT2D eigenvalue weighted by Crippen LogP contribution is 2.37. The van der Waals surface area contributed by atoms with Crippen LogP contribution in [0.5, 0.6) is 5.75 Å². The van der Waals surface area contributed by atoms with Gasteiger partial charge in [0.05, 0.1) is 19.0 Å². The summed E-state index contributed by atoms with van der Waals surface area (Å²) in [6.45, 7) is 0.392. The summed E-state index contributed by atoms with van der Waals surface area (Å²) in [6.07, 6.45) is 1.64. The zero-order chi connectivity index (χ0) is 22.8. The Hall–Kier alpha value is -1.64. The van der Waals surface area contributed by atoms with Gasteiger partial charge in [-0.05, 0) is 79.9 Å². The summed E-state index contributed by atoms with van der Waals surface area (Å²) in [6, 6.07) is 16.4. The van der Waals surface area contributed by atoms with Crippen LogP contribution in [0.1, 0.15) is 16.7 Å². The van der Waals surface area contributed by atoms with Crippen molar-refractivity contribution >= 4 is 88.9 Å². The van der Waals surface area contributed by atoms with Gasteiger partial charge in [-0.25, -0.2) is 9.79 Å². The molecule has 0 saturated carbocycles. The summed E-state index contributed by atoms with van der Waals surface area (Å²) < 4.78 is 13.7. The molecular weight excluding hydrogens is 649 g/mol. The number of rotatable bonds is 5. The van der Waals surface area contributed by atoms with Gasteiger partial charge in [0.25, 0.3) is 0 Å². The molecule has 0 radical (unpaired) electrons. The maximum Gasteiger partial charge on any atom is 0.363 e. The first-order valence-electron chi connectivity index (χ1n) is 9.15. The number of nitrogens with zero attached hydrogens (tertiary/aromatic N) is 1. The van der Waals surface area contributed by atoms with Crippen LogP contribution < -0.4 is 4.74 Å². The second-order valence-electron chi connectivity index (χ2n) is 6.66. The average molecular weight is 661 g/mol. The minimum absolute atomic E-state index is 0.173. The van der Waals surface area contributed by atoms with Crippen LogP contribution in [-0.4, -0.2) is 11.9 Å². The normalized spacial score (nSPS) is 14.5. The largest absolute Gasteiger partial charge is 0.486 e. The fraction of sp³-hybridized carbons (Fsp3) is 0.0435. The molecule has 0 amide bonds. The van der Waals surface area contributed by atoms with Gasteiger partial charge >= 0.3 is 5.97 Å². The number of halogens is 5. The van der Waals surface area contributed by atoms with Gasteiger partial charge in [-0.15, -0.1) is 0 Å². The van der Waals surface area contributed by atoms with Crippen molar-refractivity contribution in [1.29, 1.82) is 0 Å². The molecule has 4 nitrogen and oxygen atoms in total. The highest BCUT2D eigenvalue weighted by Gasteiger charge is 2.25. The molecule has 0 bridgehead atoms. The molecule has 0 atom stereocenters. The number of esters is 1. The summed E-state index contributed by atoms with van der Waals surface area (Å²) in [7, 11) is 0. The molecule has 3 aromatic rings. The van der Waals surface area contributed by atoms with Gasteiger partial charge in [0.15, 0.2) is 5.70 Å². The lowest BCUT2D eigenvalue weighted by atomic mass is 10.2. The van der Waals surface area contributed by atoms with E-state index in [0.717, 1.165) is 24.5 Å². The number of cyclic esters (lactones) is 1. The van der Waals surface area contributed by atoms with Gasteiger partial charge in [-0.1, -0.05) is 57.3 Å². The molecule has 0 N–H and O–H groups in total. The Kier molecular flexibility index (Phi) is 7.42. The second-order valence-corrected chi connectivity index (χ2v) is 10.0. The van der Waals surface area contributed by atoms with E-state index in [1.165, 1.54) is 0 Å². The molecule has 9 heteroatoms. The van der Waals surface area contributed by atoms with Crippen LogP contribution in [0.25, 0.3) is 6.08 Å². The zero-order valence-electron chi connectivity index (χ0n) is 16.0. The van der Waals surface area contributed by atoms with Crippen molar-refractivity contribution in [3.8, 4) is 5.75 Å². The third-order valence-corrected chi connectivity index (χ3v) is 7.13. The van der Waals surface area contributed by atoms with E-state index in [4.69, 9.17) is 32.7 Å². The monoisotopic (exact) mass is 657 g/mol. The number of carbonyl (C=O) groups is 1. The molecule has 0 fully saturated rings. The predicted octanol–water partition coefficient (Wildman–Crippen LogP) is 8.20. The first-order chi connectivity index (χ1) is 15.3. The Labute approximate surface area is 219 Å². The maximum absolute atomic E-state index is 12.3. The van der Waals surface area contributed by atoms with E-state index in [2.05, 4.69) is 52.8 Å². The first kappa shape index (κ1) is 23.5. The summed E-state index contributed by atoms with van der Waals surface area (Å²) in [5.74, 6) is 0.274. The van der Waals surface area contributed by atoms with Crippen LogP contribution in [-0.2, 0) is 16.1 Å². The molecule has 0 aromatic heterocycles. The van der Waals surface area contributed by atoms with Crippen LogP contribution in [0.15, 0.2) is 78.7 Å². The van der Waals surface area contributed by atoms with Crippen molar-refractivity contribution in [2.45, 2.75) is 6.61 Å². The molecule has 162 valence electrons. The Morgan fingerprint density at radius 3 is 2.34 bits per heavy atom. The highest BCUT2D eigenvalue weighted by atomic mass is 79.9. The summed E-state index contributed by atoms with van der Waals surface area (Å²) in [5, 5.41) is 0.763. The number of carbonyl (C=O) groups excluding carboxylic acids is 1. The van der Waals surface area contributed by atoms with E-state index in [1.807, 2.05) is 36.4 Å². The molecule has 3 aromatic carbocycles. The smallest absolute Gasteiger partial charge is 0.363 e. The molecular formula is C23H12Br3Cl2NO3. The predicted molar refractivity (Wildman–Crippen MR) is 137 cm³/mol. The molecule has 1 heterocycles. The first-order valence-corrected chi connectivity index (χ1v) is 12.3. The Balaban J connectivity index is 1.57. The highest BCUT2D eigenvalue weighted by molar-refractivity contribution is 9.11. The van der Waals surface area contributed by atoms with Crippen molar-refractivity contribution in [2.24, 2.45) is 4.99 Å². The fourth-order valence-electron chi connectivity index (χ4n) is 2.89. The standard InChI is InChI=1S/C23H12Br3Cl2NO3/c24-15-4-2-1-3-14(15)11-31-21-16(25)7-12(8-17(21)26)9-20-23(30)32-22(29-20)13-5-6-18(27)19(28)10-13/h1-10H,11H2/b20-9-.